The number of sulfonamides is 1. The SMILES string of the molecule is CNS(=O)(=O)CC(=O)N[C@@H]1c2cccc(F)c2CC[C@@H]1C. The monoisotopic (exact) mass is 314 g/mol. The molecule has 1 aliphatic rings. The highest BCUT2D eigenvalue weighted by Crippen LogP contribution is 2.35. The normalized spacial score (nSPS) is 21.7. The summed E-state index contributed by atoms with van der Waals surface area (Å²) in [5.41, 5.74) is 1.35. The van der Waals surface area contributed by atoms with Gasteiger partial charge in [-0.1, -0.05) is 19.1 Å². The molecular weight excluding hydrogens is 295 g/mol. The number of halogens is 1. The Bertz CT molecular complexity index is 646. The van der Waals surface area contributed by atoms with Crippen molar-refractivity contribution < 1.29 is 17.6 Å². The van der Waals surface area contributed by atoms with Crippen molar-refractivity contribution in [3.63, 3.8) is 0 Å². The minimum atomic E-state index is -3.61. The standard InChI is InChI=1S/C14H19FN2O3S/c1-9-6-7-10-11(4-3-5-12(10)15)14(9)17-13(18)8-21(19,20)16-2/h3-5,9,14,16H,6-8H2,1-2H3,(H,17,18)/t9-,14-/m0/s1. The Morgan fingerprint density at radius 1 is 1.43 bits per heavy atom. The van der Waals surface area contributed by atoms with Crippen molar-refractivity contribution in [2.45, 2.75) is 25.8 Å². The van der Waals surface area contributed by atoms with E-state index in [1.54, 1.807) is 12.1 Å². The van der Waals surface area contributed by atoms with Crippen LogP contribution < -0.4 is 10.0 Å². The Morgan fingerprint density at radius 3 is 2.81 bits per heavy atom. The molecule has 21 heavy (non-hydrogen) atoms. The van der Waals surface area contributed by atoms with Crippen molar-refractivity contribution in [2.24, 2.45) is 5.92 Å². The van der Waals surface area contributed by atoms with Crippen LogP contribution in [0.4, 0.5) is 4.39 Å². The lowest BCUT2D eigenvalue weighted by molar-refractivity contribution is -0.119. The van der Waals surface area contributed by atoms with Gasteiger partial charge in [-0.3, -0.25) is 4.79 Å². The van der Waals surface area contributed by atoms with E-state index < -0.39 is 21.7 Å². The quantitative estimate of drug-likeness (QED) is 0.874. The molecule has 1 aromatic rings. The zero-order valence-corrected chi connectivity index (χ0v) is 12.8. The second-order valence-electron chi connectivity index (χ2n) is 5.33. The van der Waals surface area contributed by atoms with Crippen LogP contribution in [0.2, 0.25) is 0 Å². The van der Waals surface area contributed by atoms with Gasteiger partial charge in [-0.05, 0) is 43.0 Å². The van der Waals surface area contributed by atoms with E-state index in [1.807, 2.05) is 6.92 Å². The molecule has 0 saturated carbocycles. The summed E-state index contributed by atoms with van der Waals surface area (Å²) >= 11 is 0. The maximum Gasteiger partial charge on any atom is 0.237 e. The molecule has 7 heteroatoms. The molecule has 1 amide bonds. The lowest BCUT2D eigenvalue weighted by atomic mass is 9.80. The molecule has 0 unspecified atom stereocenters. The molecule has 0 radical (unpaired) electrons. The highest BCUT2D eigenvalue weighted by molar-refractivity contribution is 7.90. The van der Waals surface area contributed by atoms with E-state index in [2.05, 4.69) is 10.0 Å². The summed E-state index contributed by atoms with van der Waals surface area (Å²) in [6.07, 6.45) is 1.38. The number of hydrogen-bond acceptors (Lipinski definition) is 3. The average molecular weight is 314 g/mol. The third kappa shape index (κ3) is 3.59. The zero-order chi connectivity index (χ0) is 15.6. The summed E-state index contributed by atoms with van der Waals surface area (Å²) in [6.45, 7) is 1.96. The molecule has 0 saturated heterocycles. The van der Waals surface area contributed by atoms with Crippen LogP contribution in [0.15, 0.2) is 18.2 Å². The van der Waals surface area contributed by atoms with Crippen molar-refractivity contribution in [3.8, 4) is 0 Å². The van der Waals surface area contributed by atoms with Crippen LogP contribution in [0.25, 0.3) is 0 Å². The Labute approximate surface area is 124 Å². The second-order valence-corrected chi connectivity index (χ2v) is 7.26. The van der Waals surface area contributed by atoms with Crippen LogP contribution in [-0.2, 0) is 21.2 Å². The summed E-state index contributed by atoms with van der Waals surface area (Å²) in [4.78, 5) is 11.9. The number of carbonyl (C=O) groups is 1. The zero-order valence-electron chi connectivity index (χ0n) is 12.0. The number of carbonyl (C=O) groups excluding carboxylic acids is 1. The fraction of sp³-hybridized carbons (Fsp3) is 0.500. The Hall–Kier alpha value is -1.47. The number of nitrogens with one attached hydrogen (secondary N) is 2. The average Bonchev–Trinajstić information content (AvgIpc) is 2.42. The molecule has 5 nitrogen and oxygen atoms in total. The highest BCUT2D eigenvalue weighted by Gasteiger charge is 2.30. The second kappa shape index (κ2) is 6.11. The molecule has 1 aliphatic carbocycles. The minimum absolute atomic E-state index is 0.125. The Kier molecular flexibility index (Phi) is 4.63. The van der Waals surface area contributed by atoms with Crippen molar-refractivity contribution in [1.29, 1.82) is 0 Å². The van der Waals surface area contributed by atoms with Gasteiger partial charge in [0.25, 0.3) is 0 Å². The lowest BCUT2D eigenvalue weighted by Crippen LogP contribution is -2.40. The van der Waals surface area contributed by atoms with Gasteiger partial charge >= 0.3 is 0 Å². The van der Waals surface area contributed by atoms with E-state index in [-0.39, 0.29) is 17.8 Å². The molecule has 0 bridgehead atoms. The largest absolute Gasteiger partial charge is 0.348 e. The fourth-order valence-electron chi connectivity index (χ4n) is 2.66. The number of benzene rings is 1. The molecule has 2 atom stereocenters. The molecule has 0 aliphatic heterocycles. The maximum atomic E-state index is 13.8. The molecule has 0 heterocycles. The van der Waals surface area contributed by atoms with Crippen LogP contribution in [0, 0.1) is 11.7 Å². The molecule has 1 aromatic carbocycles. The highest BCUT2D eigenvalue weighted by atomic mass is 32.2. The Balaban J connectivity index is 2.21. The van der Waals surface area contributed by atoms with E-state index >= 15 is 0 Å². The van der Waals surface area contributed by atoms with Gasteiger partial charge in [0.2, 0.25) is 15.9 Å². The van der Waals surface area contributed by atoms with Gasteiger partial charge in [0.15, 0.2) is 0 Å². The molecule has 0 aromatic heterocycles. The third-order valence-corrected chi connectivity index (χ3v) is 5.12. The van der Waals surface area contributed by atoms with Crippen molar-refractivity contribution in [2.75, 3.05) is 12.8 Å². The topological polar surface area (TPSA) is 75.3 Å². The van der Waals surface area contributed by atoms with Crippen LogP contribution in [0.3, 0.4) is 0 Å². The van der Waals surface area contributed by atoms with Crippen molar-refractivity contribution >= 4 is 15.9 Å². The fourth-order valence-corrected chi connectivity index (χ4v) is 3.23. The summed E-state index contributed by atoms with van der Waals surface area (Å²) in [5.74, 6) is -1.36. The van der Waals surface area contributed by atoms with Crippen LogP contribution >= 0.6 is 0 Å². The van der Waals surface area contributed by atoms with Crippen LogP contribution in [-0.4, -0.2) is 27.1 Å². The number of rotatable bonds is 4. The number of hydrogen-bond donors (Lipinski definition) is 2. The van der Waals surface area contributed by atoms with Crippen LogP contribution in [0.1, 0.15) is 30.5 Å². The van der Waals surface area contributed by atoms with Crippen molar-refractivity contribution in [1.82, 2.24) is 10.0 Å². The first kappa shape index (κ1) is 15.9. The predicted molar refractivity (Wildman–Crippen MR) is 77.6 cm³/mol. The first-order valence-electron chi connectivity index (χ1n) is 6.82. The molecule has 0 fully saturated rings. The number of fused-ring (bicyclic) bond motifs is 1. The van der Waals surface area contributed by atoms with E-state index in [9.17, 15) is 17.6 Å². The first-order valence-corrected chi connectivity index (χ1v) is 8.47. The first-order chi connectivity index (χ1) is 9.84. The Morgan fingerprint density at radius 2 is 2.14 bits per heavy atom. The molecule has 2 N–H and O–H groups in total. The van der Waals surface area contributed by atoms with Gasteiger partial charge in [-0.2, -0.15) is 0 Å². The summed E-state index contributed by atoms with van der Waals surface area (Å²) in [5, 5.41) is 2.72. The predicted octanol–water partition coefficient (Wildman–Crippen LogP) is 1.11. The molecular formula is C14H19FN2O3S. The van der Waals surface area contributed by atoms with Gasteiger partial charge in [0, 0.05) is 0 Å². The smallest absolute Gasteiger partial charge is 0.237 e. The summed E-state index contributed by atoms with van der Waals surface area (Å²) in [6, 6.07) is 4.43. The minimum Gasteiger partial charge on any atom is -0.348 e. The van der Waals surface area contributed by atoms with E-state index in [0.29, 0.717) is 12.0 Å². The summed E-state index contributed by atoms with van der Waals surface area (Å²) < 4.78 is 38.7. The van der Waals surface area contributed by atoms with Gasteiger partial charge < -0.3 is 5.32 Å². The van der Waals surface area contributed by atoms with Gasteiger partial charge in [-0.15, -0.1) is 0 Å². The third-order valence-electron chi connectivity index (χ3n) is 3.86. The van der Waals surface area contributed by atoms with Gasteiger partial charge in [0.05, 0.1) is 6.04 Å². The molecule has 0 spiro atoms. The van der Waals surface area contributed by atoms with Gasteiger partial charge in [0.1, 0.15) is 11.6 Å². The van der Waals surface area contributed by atoms with Crippen LogP contribution in [0.5, 0.6) is 0 Å². The van der Waals surface area contributed by atoms with E-state index in [4.69, 9.17) is 0 Å². The van der Waals surface area contributed by atoms with E-state index in [0.717, 1.165) is 12.0 Å². The van der Waals surface area contributed by atoms with E-state index in [1.165, 1.54) is 13.1 Å². The van der Waals surface area contributed by atoms with Crippen molar-refractivity contribution in [3.05, 3.63) is 35.1 Å². The maximum absolute atomic E-state index is 13.8. The summed E-state index contributed by atoms with van der Waals surface area (Å²) in [7, 11) is -2.35. The molecule has 116 valence electrons. The molecule has 2 rings (SSSR count). The van der Waals surface area contributed by atoms with Gasteiger partial charge in [-0.25, -0.2) is 17.5 Å². The lowest BCUT2D eigenvalue weighted by Gasteiger charge is -2.32. The number of amides is 1.